The minimum absolute atomic E-state index is 0.190. The van der Waals surface area contributed by atoms with Gasteiger partial charge in [0.05, 0.1) is 0 Å². The van der Waals surface area contributed by atoms with Gasteiger partial charge in [0.2, 0.25) is 5.91 Å². The molecule has 5 nitrogen and oxygen atoms in total. The van der Waals surface area contributed by atoms with Crippen LogP contribution in [0.4, 0.5) is 14.9 Å². The molecule has 4 rings (SSSR count). The van der Waals surface area contributed by atoms with Crippen molar-refractivity contribution in [1.29, 1.82) is 0 Å². The molecule has 0 saturated carbocycles. The third-order valence-corrected chi connectivity index (χ3v) is 5.70. The van der Waals surface area contributed by atoms with E-state index in [4.69, 9.17) is 4.74 Å². The van der Waals surface area contributed by atoms with Crippen LogP contribution in [0.5, 0.6) is 0 Å². The first-order valence-corrected chi connectivity index (χ1v) is 11.4. The normalized spacial score (nSPS) is 13.8. The summed E-state index contributed by atoms with van der Waals surface area (Å²) in [5, 5.41) is 2.79. The number of alkyl carbamates (subject to hydrolysis) is 1. The maximum atomic E-state index is 13.7. The molecule has 3 aromatic carbocycles. The van der Waals surface area contributed by atoms with E-state index in [2.05, 4.69) is 5.32 Å². The molecule has 0 aliphatic carbocycles. The molecule has 1 heterocycles. The molecule has 0 aromatic heterocycles. The molecule has 0 radical (unpaired) electrons. The zero-order valence-electron chi connectivity index (χ0n) is 19.7. The number of hydrogen-bond donors (Lipinski definition) is 1. The maximum Gasteiger partial charge on any atom is 0.408 e. The third-order valence-electron chi connectivity index (χ3n) is 5.70. The number of fused-ring (bicyclic) bond motifs is 1. The molecule has 176 valence electrons. The molecule has 0 saturated heterocycles. The Labute approximate surface area is 199 Å². The number of carbonyl (C=O) groups is 2. The molecule has 0 spiro atoms. The predicted octanol–water partition coefficient (Wildman–Crippen LogP) is 5.52. The first kappa shape index (κ1) is 23.5. The topological polar surface area (TPSA) is 58.6 Å². The number of benzene rings is 3. The highest BCUT2D eigenvalue weighted by Gasteiger charge is 2.32. The number of carbonyl (C=O) groups excluding carboxylic acids is 2. The highest BCUT2D eigenvalue weighted by molar-refractivity contribution is 6.01. The zero-order chi connectivity index (χ0) is 24.3. The van der Waals surface area contributed by atoms with Gasteiger partial charge in [-0.25, -0.2) is 9.18 Å². The number of ether oxygens (including phenoxy) is 1. The molecule has 1 aliphatic heterocycles. The van der Waals surface area contributed by atoms with Crippen LogP contribution in [0, 0.1) is 5.82 Å². The van der Waals surface area contributed by atoms with Crippen LogP contribution < -0.4 is 10.2 Å². The Morgan fingerprint density at radius 1 is 1.00 bits per heavy atom. The minimum Gasteiger partial charge on any atom is -0.444 e. The van der Waals surface area contributed by atoms with Crippen LogP contribution in [0.25, 0.3) is 11.1 Å². The van der Waals surface area contributed by atoms with Crippen LogP contribution in [-0.2, 0) is 22.4 Å². The van der Waals surface area contributed by atoms with E-state index in [-0.39, 0.29) is 11.7 Å². The number of amides is 2. The second-order valence-corrected chi connectivity index (χ2v) is 9.48. The molecule has 34 heavy (non-hydrogen) atoms. The Morgan fingerprint density at radius 3 is 2.35 bits per heavy atom. The van der Waals surface area contributed by atoms with Crippen LogP contribution >= 0.6 is 0 Å². The van der Waals surface area contributed by atoms with Crippen LogP contribution in [-0.4, -0.2) is 30.2 Å². The summed E-state index contributed by atoms with van der Waals surface area (Å²) in [6.45, 7) is 5.89. The average molecular weight is 461 g/mol. The summed E-state index contributed by atoms with van der Waals surface area (Å²) in [4.78, 5) is 28.0. The quantitative estimate of drug-likeness (QED) is 0.546. The number of rotatable bonds is 5. The number of nitrogens with zero attached hydrogens (tertiary/aromatic N) is 1. The van der Waals surface area contributed by atoms with E-state index in [0.717, 1.165) is 34.4 Å². The number of nitrogens with one attached hydrogen (secondary N) is 1. The van der Waals surface area contributed by atoms with Gasteiger partial charge in [0.25, 0.3) is 0 Å². The summed E-state index contributed by atoms with van der Waals surface area (Å²) in [5.41, 5.74) is 3.92. The average Bonchev–Trinajstić information content (AvgIpc) is 3.21. The van der Waals surface area contributed by atoms with Crippen molar-refractivity contribution in [3.8, 4) is 11.1 Å². The molecular weight excluding hydrogens is 431 g/mol. The highest BCUT2D eigenvalue weighted by Crippen LogP contribution is 2.33. The van der Waals surface area contributed by atoms with E-state index in [1.807, 2.05) is 48.5 Å². The van der Waals surface area contributed by atoms with Gasteiger partial charge in [0.15, 0.2) is 0 Å². The lowest BCUT2D eigenvalue weighted by molar-refractivity contribution is -0.120. The predicted molar refractivity (Wildman–Crippen MR) is 131 cm³/mol. The molecule has 3 aromatic rings. The molecule has 2 amide bonds. The van der Waals surface area contributed by atoms with Gasteiger partial charge in [0, 0.05) is 18.7 Å². The molecule has 0 bridgehead atoms. The fourth-order valence-corrected chi connectivity index (χ4v) is 4.12. The zero-order valence-corrected chi connectivity index (χ0v) is 19.7. The minimum atomic E-state index is -0.780. The fourth-order valence-electron chi connectivity index (χ4n) is 4.12. The third kappa shape index (κ3) is 5.63. The van der Waals surface area contributed by atoms with Crippen molar-refractivity contribution in [3.63, 3.8) is 0 Å². The molecule has 1 atom stereocenters. The maximum absolute atomic E-state index is 13.7. The first-order chi connectivity index (χ1) is 16.2. The first-order valence-electron chi connectivity index (χ1n) is 11.4. The van der Waals surface area contributed by atoms with Gasteiger partial charge in [-0.05, 0) is 67.6 Å². The lowest BCUT2D eigenvalue weighted by atomic mass is 10.0. The van der Waals surface area contributed by atoms with Gasteiger partial charge in [-0.1, -0.05) is 54.6 Å². The highest BCUT2D eigenvalue weighted by atomic mass is 19.1. The van der Waals surface area contributed by atoms with Crippen LogP contribution in [0.1, 0.15) is 31.9 Å². The number of anilines is 1. The summed E-state index contributed by atoms with van der Waals surface area (Å²) in [6.07, 6.45) is 0.457. The largest absolute Gasteiger partial charge is 0.444 e. The molecule has 0 fully saturated rings. The molecule has 1 N–H and O–H groups in total. The van der Waals surface area contributed by atoms with Crippen molar-refractivity contribution >= 4 is 17.7 Å². The molecule has 1 unspecified atom stereocenters. The van der Waals surface area contributed by atoms with Crippen molar-refractivity contribution in [3.05, 3.63) is 89.7 Å². The fraction of sp³-hybridized carbons (Fsp3) is 0.286. The molecule has 6 heteroatoms. The molecule has 1 aliphatic rings. The Bertz CT molecular complexity index is 1170. The van der Waals surface area contributed by atoms with Crippen LogP contribution in [0.3, 0.4) is 0 Å². The summed E-state index contributed by atoms with van der Waals surface area (Å²) in [5.74, 6) is -0.483. The van der Waals surface area contributed by atoms with Crippen LogP contribution in [0.2, 0.25) is 0 Å². The summed E-state index contributed by atoms with van der Waals surface area (Å²) in [7, 11) is 0. The van der Waals surface area contributed by atoms with Gasteiger partial charge >= 0.3 is 6.09 Å². The van der Waals surface area contributed by atoms with E-state index < -0.39 is 17.7 Å². The second-order valence-electron chi connectivity index (χ2n) is 9.48. The van der Waals surface area contributed by atoms with Gasteiger partial charge in [0.1, 0.15) is 17.5 Å². The number of hydrogen-bond acceptors (Lipinski definition) is 3. The van der Waals surface area contributed by atoms with Crippen molar-refractivity contribution in [2.24, 2.45) is 0 Å². The molecular formula is C28H29FN2O3. The van der Waals surface area contributed by atoms with Gasteiger partial charge in [-0.2, -0.15) is 0 Å². The smallest absolute Gasteiger partial charge is 0.408 e. The van der Waals surface area contributed by atoms with Crippen molar-refractivity contribution in [2.45, 2.75) is 45.3 Å². The Balaban J connectivity index is 1.61. The van der Waals surface area contributed by atoms with Gasteiger partial charge in [-0.15, -0.1) is 0 Å². The van der Waals surface area contributed by atoms with Gasteiger partial charge < -0.3 is 15.0 Å². The lowest BCUT2D eigenvalue weighted by Crippen LogP contribution is -2.50. The summed E-state index contributed by atoms with van der Waals surface area (Å²) < 4.78 is 18.8. The van der Waals surface area contributed by atoms with E-state index in [1.54, 1.807) is 37.8 Å². The van der Waals surface area contributed by atoms with Crippen molar-refractivity contribution < 1.29 is 18.7 Å². The Morgan fingerprint density at radius 2 is 1.68 bits per heavy atom. The Hall–Kier alpha value is -3.67. The number of halogens is 1. The monoisotopic (exact) mass is 460 g/mol. The second kappa shape index (κ2) is 9.67. The SMILES string of the molecule is CC(C)(C)OC(=O)NC(Cc1ccccc1)C(=O)N1CCc2ccc(-c3ccc(F)cc3)cc21. The van der Waals surface area contributed by atoms with E-state index in [1.165, 1.54) is 12.1 Å². The standard InChI is InChI=1S/C28H29FN2O3/c1-28(2,3)34-27(33)30-24(17-19-7-5-4-6-8-19)26(32)31-16-15-21-9-10-22(18-25(21)31)20-11-13-23(29)14-12-20/h4-14,18,24H,15-17H2,1-3H3,(H,30,33). The Kier molecular flexibility index (Phi) is 6.68. The summed E-state index contributed by atoms with van der Waals surface area (Å²) >= 11 is 0. The summed E-state index contributed by atoms with van der Waals surface area (Å²) in [6, 6.07) is 21.1. The lowest BCUT2D eigenvalue weighted by Gasteiger charge is -2.27. The van der Waals surface area contributed by atoms with E-state index in [9.17, 15) is 14.0 Å². The van der Waals surface area contributed by atoms with E-state index >= 15 is 0 Å². The van der Waals surface area contributed by atoms with Crippen LogP contribution in [0.15, 0.2) is 72.8 Å². The van der Waals surface area contributed by atoms with E-state index in [0.29, 0.717) is 13.0 Å². The van der Waals surface area contributed by atoms with Crippen molar-refractivity contribution in [1.82, 2.24) is 5.32 Å². The van der Waals surface area contributed by atoms with Gasteiger partial charge in [-0.3, -0.25) is 4.79 Å². The van der Waals surface area contributed by atoms with Crippen molar-refractivity contribution in [2.75, 3.05) is 11.4 Å².